The fourth-order valence-electron chi connectivity index (χ4n) is 2.34. The molecule has 0 aliphatic carbocycles. The van der Waals surface area contributed by atoms with Gasteiger partial charge in [0.2, 0.25) is 0 Å². The number of rotatable bonds is 0. The van der Waals surface area contributed by atoms with E-state index in [1.807, 2.05) is 0 Å². The fraction of sp³-hybridized carbons (Fsp3) is 0.889. The Morgan fingerprint density at radius 3 is 2.60 bits per heavy atom. The molecule has 0 N–H and O–H groups in total. The standard InChI is InChI=1S/C9H16Ge/c1-7-4-5-8-9(2,3)10(8)6-7/h6-8H,4-5H2,1-3H3. The Kier molecular flexibility index (Phi) is 1.39. The van der Waals surface area contributed by atoms with Gasteiger partial charge in [0.1, 0.15) is 0 Å². The molecule has 56 valence electrons. The SMILES string of the molecule is CC1[CH]=[Ge]2[CH](CC1)[C]2(C)C. The number of fused-ring (bicyclic) bond motifs is 1. The monoisotopic (exact) mass is 198 g/mol. The van der Waals surface area contributed by atoms with E-state index < -0.39 is 13.9 Å². The molecular weight excluding hydrogens is 181 g/mol. The molecule has 0 spiro atoms. The summed E-state index contributed by atoms with van der Waals surface area (Å²) >= 11 is -0.578. The van der Waals surface area contributed by atoms with E-state index >= 15 is 0 Å². The zero-order valence-corrected chi connectivity index (χ0v) is 9.24. The zero-order chi connectivity index (χ0) is 7.35. The molecule has 0 nitrogen and oxygen atoms in total. The van der Waals surface area contributed by atoms with Crippen molar-refractivity contribution < 1.29 is 0 Å². The van der Waals surface area contributed by atoms with E-state index in [9.17, 15) is 0 Å². The molecule has 0 radical (unpaired) electrons. The van der Waals surface area contributed by atoms with Gasteiger partial charge in [-0.25, -0.2) is 0 Å². The van der Waals surface area contributed by atoms with Gasteiger partial charge in [-0.3, -0.25) is 0 Å². The van der Waals surface area contributed by atoms with Crippen molar-refractivity contribution in [2.45, 2.75) is 42.6 Å². The van der Waals surface area contributed by atoms with Crippen molar-refractivity contribution in [3.8, 4) is 0 Å². The molecule has 1 saturated heterocycles. The third-order valence-electron chi connectivity index (χ3n) is 3.28. The second-order valence-corrected chi connectivity index (χ2v) is 11.2. The molecule has 0 saturated carbocycles. The van der Waals surface area contributed by atoms with Crippen LogP contribution in [-0.2, 0) is 0 Å². The van der Waals surface area contributed by atoms with Crippen molar-refractivity contribution in [2.24, 2.45) is 5.92 Å². The Balaban J connectivity index is 2.24. The molecule has 2 rings (SSSR count). The minimum absolute atomic E-state index is 0.578. The van der Waals surface area contributed by atoms with Gasteiger partial charge in [0.05, 0.1) is 0 Å². The van der Waals surface area contributed by atoms with Crippen LogP contribution in [0.2, 0.25) is 9.00 Å². The van der Waals surface area contributed by atoms with Gasteiger partial charge in [0, 0.05) is 0 Å². The second kappa shape index (κ2) is 1.97. The van der Waals surface area contributed by atoms with Crippen molar-refractivity contribution in [1.82, 2.24) is 0 Å². The van der Waals surface area contributed by atoms with Gasteiger partial charge in [-0.2, -0.15) is 0 Å². The van der Waals surface area contributed by atoms with Crippen LogP contribution in [0.1, 0.15) is 33.6 Å². The molecule has 1 heteroatoms. The molecule has 0 aromatic rings. The van der Waals surface area contributed by atoms with Gasteiger partial charge in [-0.1, -0.05) is 0 Å². The minimum atomic E-state index is -0.578. The molecule has 2 aliphatic rings. The maximum atomic E-state index is 2.74. The Morgan fingerprint density at radius 1 is 1.40 bits per heavy atom. The summed E-state index contributed by atoms with van der Waals surface area (Å²) in [5, 5.41) is 0. The molecular formula is C9H16Ge. The van der Waals surface area contributed by atoms with Crippen molar-refractivity contribution in [2.75, 3.05) is 0 Å². The Labute approximate surface area is 67.7 Å². The van der Waals surface area contributed by atoms with Crippen molar-refractivity contribution >= 4 is 18.8 Å². The van der Waals surface area contributed by atoms with Gasteiger partial charge in [-0.15, -0.1) is 0 Å². The van der Waals surface area contributed by atoms with E-state index in [4.69, 9.17) is 0 Å². The first-order valence-electron chi connectivity index (χ1n) is 4.34. The summed E-state index contributed by atoms with van der Waals surface area (Å²) in [6.45, 7) is 7.37. The van der Waals surface area contributed by atoms with Crippen molar-refractivity contribution in [3.05, 3.63) is 0 Å². The first kappa shape index (κ1) is 7.08. The van der Waals surface area contributed by atoms with Crippen LogP contribution in [0, 0.1) is 5.92 Å². The topological polar surface area (TPSA) is 0 Å². The first-order chi connectivity index (χ1) is 4.62. The first-order valence-corrected chi connectivity index (χ1v) is 7.81. The van der Waals surface area contributed by atoms with Gasteiger partial charge in [-0.05, 0) is 0 Å². The average molecular weight is 197 g/mol. The van der Waals surface area contributed by atoms with Crippen LogP contribution >= 0.6 is 0 Å². The van der Waals surface area contributed by atoms with Crippen molar-refractivity contribution in [1.29, 1.82) is 0 Å². The Hall–Kier alpha value is 0.413. The van der Waals surface area contributed by atoms with E-state index in [1.54, 1.807) is 6.42 Å². The van der Waals surface area contributed by atoms with Crippen molar-refractivity contribution in [3.63, 3.8) is 0 Å². The van der Waals surface area contributed by atoms with Gasteiger partial charge < -0.3 is 0 Å². The molecule has 0 amide bonds. The third kappa shape index (κ3) is 0.843. The van der Waals surface area contributed by atoms with E-state index in [2.05, 4.69) is 25.6 Å². The van der Waals surface area contributed by atoms with E-state index in [1.165, 1.54) is 11.2 Å². The molecule has 0 aromatic carbocycles. The molecule has 2 atom stereocenters. The summed E-state index contributed by atoms with van der Waals surface area (Å²) in [6.07, 6.45) is 3.03. The fourth-order valence-corrected chi connectivity index (χ4v) is 10.4. The van der Waals surface area contributed by atoms with Crippen LogP contribution in [0.25, 0.3) is 0 Å². The molecule has 1 fully saturated rings. The quantitative estimate of drug-likeness (QED) is 0.523. The van der Waals surface area contributed by atoms with E-state index in [-0.39, 0.29) is 0 Å². The van der Waals surface area contributed by atoms with Gasteiger partial charge >= 0.3 is 67.3 Å². The number of hydrogen-bond acceptors (Lipinski definition) is 0. The average Bonchev–Trinajstić information content (AvgIpc) is 2.36. The molecule has 2 aliphatic heterocycles. The van der Waals surface area contributed by atoms with Crippen LogP contribution in [0.4, 0.5) is 0 Å². The van der Waals surface area contributed by atoms with Crippen LogP contribution < -0.4 is 0 Å². The molecule has 2 heterocycles. The molecule has 0 aromatic heterocycles. The summed E-state index contributed by atoms with van der Waals surface area (Å²) in [5.41, 5.74) is 0. The molecule has 0 bridgehead atoms. The summed E-state index contributed by atoms with van der Waals surface area (Å²) in [4.78, 5) is 2.74. The molecule has 10 heavy (non-hydrogen) atoms. The Bertz CT molecular complexity index is 191. The summed E-state index contributed by atoms with van der Waals surface area (Å²) in [5.74, 6) is 0.966. The summed E-state index contributed by atoms with van der Waals surface area (Å²) in [6, 6.07) is 0. The molecule has 2 unspecified atom stereocenters. The van der Waals surface area contributed by atoms with E-state index in [0.717, 1.165) is 10.2 Å². The zero-order valence-electron chi connectivity index (χ0n) is 7.15. The summed E-state index contributed by atoms with van der Waals surface area (Å²) < 4.78 is 2.05. The predicted octanol–water partition coefficient (Wildman–Crippen LogP) is 2.46. The van der Waals surface area contributed by atoms with E-state index in [0.29, 0.717) is 0 Å². The predicted molar refractivity (Wildman–Crippen MR) is 48.0 cm³/mol. The second-order valence-electron chi connectivity index (χ2n) is 4.45. The third-order valence-corrected chi connectivity index (χ3v) is 12.1. The van der Waals surface area contributed by atoms with Crippen LogP contribution in [0.5, 0.6) is 0 Å². The normalized spacial score (nSPS) is 42.1. The summed E-state index contributed by atoms with van der Waals surface area (Å²) in [7, 11) is 0. The van der Waals surface area contributed by atoms with Crippen LogP contribution in [-0.4, -0.2) is 18.8 Å². The van der Waals surface area contributed by atoms with Crippen LogP contribution in [0.15, 0.2) is 0 Å². The maximum absolute atomic E-state index is 2.74. The van der Waals surface area contributed by atoms with Crippen LogP contribution in [0.3, 0.4) is 0 Å². The van der Waals surface area contributed by atoms with Gasteiger partial charge in [0.15, 0.2) is 0 Å². The van der Waals surface area contributed by atoms with Gasteiger partial charge in [0.25, 0.3) is 0 Å². The Morgan fingerprint density at radius 2 is 2.10 bits per heavy atom. The number of hydrogen-bond donors (Lipinski definition) is 0.